The minimum absolute atomic E-state index is 0.144. The van der Waals surface area contributed by atoms with E-state index >= 15 is 0 Å². The van der Waals surface area contributed by atoms with Crippen LogP contribution in [0.5, 0.6) is 0 Å². The molecule has 0 spiro atoms. The van der Waals surface area contributed by atoms with Crippen LogP contribution in [0.1, 0.15) is 58.3 Å². The third-order valence-corrected chi connectivity index (χ3v) is 5.29. The number of rotatable bonds is 15. The molecule has 0 radical (unpaired) electrons. The number of ketones is 2. The fourth-order valence-electron chi connectivity index (χ4n) is 1.98. The highest BCUT2D eigenvalue weighted by molar-refractivity contribution is 7.60. The Labute approximate surface area is 147 Å². The molecule has 146 valence electrons. The Morgan fingerprint density at radius 1 is 0.920 bits per heavy atom. The van der Waals surface area contributed by atoms with Crippen molar-refractivity contribution in [2.24, 2.45) is 0 Å². The van der Waals surface area contributed by atoms with E-state index in [2.05, 4.69) is 8.83 Å². The molecule has 0 amide bonds. The number of allylic oxidation sites excluding steroid dienone is 2. The molecule has 1 unspecified atom stereocenters. The smallest absolute Gasteiger partial charge is 0.302 e. The summed E-state index contributed by atoms with van der Waals surface area (Å²) >= 11 is 0. The summed E-state index contributed by atoms with van der Waals surface area (Å²) in [6.07, 6.45) is 8.40. The van der Waals surface area contributed by atoms with Gasteiger partial charge in [0, 0.05) is 6.42 Å². The van der Waals surface area contributed by atoms with E-state index in [0.29, 0.717) is 19.3 Å². The van der Waals surface area contributed by atoms with E-state index in [1.54, 1.807) is 6.92 Å². The standard InChI is InChI=1S/C14H26O9P2/c1-2-10-13(15)14(16)11-8-6-4-3-5-7-9-12-22-25(20,21)23-24(17,18)19/h2,10H,3-9,11-12H2,1H3,(H,20,21)(H2,17,18,19). The van der Waals surface area contributed by atoms with Crippen LogP contribution in [0.15, 0.2) is 12.2 Å². The molecule has 0 aromatic rings. The topological polar surface area (TPSA) is 147 Å². The van der Waals surface area contributed by atoms with Gasteiger partial charge in [0.2, 0.25) is 11.6 Å². The highest BCUT2D eigenvalue weighted by Gasteiger charge is 2.31. The average molecular weight is 400 g/mol. The van der Waals surface area contributed by atoms with Gasteiger partial charge in [-0.1, -0.05) is 38.2 Å². The van der Waals surface area contributed by atoms with Crippen molar-refractivity contribution in [3.63, 3.8) is 0 Å². The van der Waals surface area contributed by atoms with Crippen LogP contribution in [-0.2, 0) is 27.6 Å². The first kappa shape index (κ1) is 24.3. The maximum atomic E-state index is 11.4. The summed E-state index contributed by atoms with van der Waals surface area (Å²) in [4.78, 5) is 48.5. The molecule has 0 rings (SSSR count). The average Bonchev–Trinajstić information content (AvgIpc) is 2.46. The first-order valence-electron chi connectivity index (χ1n) is 8.01. The Morgan fingerprint density at radius 3 is 1.96 bits per heavy atom. The molecule has 1 atom stereocenters. The summed E-state index contributed by atoms with van der Waals surface area (Å²) in [5.74, 6) is -0.840. The number of unbranched alkanes of at least 4 members (excludes halogenated alkanes) is 6. The third kappa shape index (κ3) is 15.3. The quantitative estimate of drug-likeness (QED) is 0.163. The lowest BCUT2D eigenvalue weighted by atomic mass is 10.1. The molecule has 0 fully saturated rings. The number of hydrogen-bond acceptors (Lipinski definition) is 6. The minimum atomic E-state index is -5.07. The molecule has 0 aliphatic heterocycles. The van der Waals surface area contributed by atoms with E-state index in [0.717, 1.165) is 25.7 Å². The van der Waals surface area contributed by atoms with Crippen molar-refractivity contribution in [3.05, 3.63) is 12.2 Å². The monoisotopic (exact) mass is 400 g/mol. The molecule has 3 N–H and O–H groups in total. The lowest BCUT2D eigenvalue weighted by Crippen LogP contribution is -2.10. The summed E-state index contributed by atoms with van der Waals surface area (Å²) in [6, 6.07) is 0. The van der Waals surface area contributed by atoms with Crippen LogP contribution >= 0.6 is 15.6 Å². The Morgan fingerprint density at radius 2 is 1.44 bits per heavy atom. The van der Waals surface area contributed by atoms with Crippen molar-refractivity contribution in [2.75, 3.05) is 6.61 Å². The number of phosphoric ester groups is 1. The lowest BCUT2D eigenvalue weighted by Gasteiger charge is -2.12. The normalized spacial score (nSPS) is 14.6. The summed E-state index contributed by atoms with van der Waals surface area (Å²) < 4.78 is 29.7. The second-order valence-electron chi connectivity index (χ2n) is 5.39. The van der Waals surface area contributed by atoms with Crippen LogP contribution in [0.2, 0.25) is 0 Å². The van der Waals surface area contributed by atoms with Gasteiger partial charge >= 0.3 is 15.6 Å². The van der Waals surface area contributed by atoms with Crippen LogP contribution in [0, 0.1) is 0 Å². The highest BCUT2D eigenvalue weighted by atomic mass is 31.3. The molecule has 0 aromatic carbocycles. The van der Waals surface area contributed by atoms with Crippen molar-refractivity contribution in [2.45, 2.75) is 58.3 Å². The molecular weight excluding hydrogens is 374 g/mol. The van der Waals surface area contributed by atoms with Gasteiger partial charge in [0.1, 0.15) is 0 Å². The maximum Gasteiger partial charge on any atom is 0.481 e. The van der Waals surface area contributed by atoms with Crippen molar-refractivity contribution in [1.82, 2.24) is 0 Å². The fraction of sp³-hybridized carbons (Fsp3) is 0.714. The van der Waals surface area contributed by atoms with Crippen LogP contribution in [0.25, 0.3) is 0 Å². The third-order valence-electron chi connectivity index (χ3n) is 3.11. The number of phosphoric acid groups is 2. The van der Waals surface area contributed by atoms with E-state index in [9.17, 15) is 18.7 Å². The van der Waals surface area contributed by atoms with Crippen LogP contribution in [0.3, 0.4) is 0 Å². The van der Waals surface area contributed by atoms with Gasteiger partial charge in [-0.15, -0.1) is 0 Å². The molecule has 9 nitrogen and oxygen atoms in total. The largest absolute Gasteiger partial charge is 0.481 e. The van der Waals surface area contributed by atoms with Crippen LogP contribution in [-0.4, -0.2) is 32.9 Å². The molecule has 0 aliphatic carbocycles. The van der Waals surface area contributed by atoms with Crippen LogP contribution in [0.4, 0.5) is 0 Å². The molecule has 0 aliphatic rings. The van der Waals surface area contributed by atoms with E-state index in [1.165, 1.54) is 12.2 Å². The van der Waals surface area contributed by atoms with E-state index in [1.807, 2.05) is 0 Å². The van der Waals surface area contributed by atoms with Gasteiger partial charge in [-0.3, -0.25) is 14.1 Å². The predicted molar refractivity (Wildman–Crippen MR) is 90.7 cm³/mol. The second kappa shape index (κ2) is 12.7. The molecule has 0 heterocycles. The number of carbonyl (C=O) groups excluding carboxylic acids is 2. The summed E-state index contributed by atoms with van der Waals surface area (Å²) in [5, 5.41) is 0. The minimum Gasteiger partial charge on any atom is -0.302 e. The number of Topliss-reactive ketones (excluding diaryl/α,β-unsaturated/α-hetero) is 1. The lowest BCUT2D eigenvalue weighted by molar-refractivity contribution is -0.133. The Kier molecular flexibility index (Phi) is 12.3. The summed E-state index contributed by atoms with van der Waals surface area (Å²) in [6.45, 7) is 1.54. The highest BCUT2D eigenvalue weighted by Crippen LogP contribution is 2.57. The van der Waals surface area contributed by atoms with E-state index < -0.39 is 21.4 Å². The summed E-state index contributed by atoms with van der Waals surface area (Å²) in [7, 11) is -9.80. The van der Waals surface area contributed by atoms with Gasteiger partial charge in [-0.2, -0.15) is 4.31 Å². The van der Waals surface area contributed by atoms with Gasteiger partial charge < -0.3 is 14.7 Å². The van der Waals surface area contributed by atoms with Gasteiger partial charge in [0.25, 0.3) is 0 Å². The van der Waals surface area contributed by atoms with Crippen molar-refractivity contribution < 1.29 is 42.2 Å². The van der Waals surface area contributed by atoms with Gasteiger partial charge in [0.15, 0.2) is 0 Å². The Hall–Kier alpha value is -0.660. The molecule has 0 saturated heterocycles. The zero-order valence-corrected chi connectivity index (χ0v) is 16.0. The van der Waals surface area contributed by atoms with Crippen molar-refractivity contribution in [3.8, 4) is 0 Å². The Balaban J connectivity index is 3.57. The predicted octanol–water partition coefficient (Wildman–Crippen LogP) is 3.05. The van der Waals surface area contributed by atoms with Gasteiger partial charge in [0.05, 0.1) is 6.61 Å². The molecular formula is C14H26O9P2. The van der Waals surface area contributed by atoms with Gasteiger partial charge in [-0.25, -0.2) is 9.13 Å². The molecule has 0 aromatic heterocycles. The Bertz CT molecular complexity index is 538. The summed E-state index contributed by atoms with van der Waals surface area (Å²) in [5.41, 5.74) is 0. The van der Waals surface area contributed by atoms with Crippen molar-refractivity contribution in [1.29, 1.82) is 0 Å². The second-order valence-corrected chi connectivity index (χ2v) is 8.22. The molecule has 0 bridgehead atoms. The molecule has 0 saturated carbocycles. The molecule has 25 heavy (non-hydrogen) atoms. The zero-order valence-electron chi connectivity index (χ0n) is 14.2. The maximum absolute atomic E-state index is 11.4. The van der Waals surface area contributed by atoms with Crippen LogP contribution < -0.4 is 0 Å². The number of carbonyl (C=O) groups is 2. The SMILES string of the molecule is CC=CC(=O)C(=O)CCCCCCCCCOP(=O)(O)OP(=O)(O)O. The zero-order chi connectivity index (χ0) is 19.3. The van der Waals surface area contributed by atoms with Crippen molar-refractivity contribution >= 4 is 27.2 Å². The first-order chi connectivity index (χ1) is 11.6. The van der Waals surface area contributed by atoms with E-state index in [-0.39, 0.29) is 18.8 Å². The molecule has 11 heteroatoms. The van der Waals surface area contributed by atoms with E-state index in [4.69, 9.17) is 14.7 Å². The first-order valence-corrected chi connectivity index (χ1v) is 11.0. The number of hydrogen-bond donors (Lipinski definition) is 3. The van der Waals surface area contributed by atoms with Gasteiger partial charge in [-0.05, 0) is 25.8 Å². The fourth-order valence-corrected chi connectivity index (χ4v) is 3.60.